The van der Waals surface area contributed by atoms with Gasteiger partial charge in [0.15, 0.2) is 24.7 Å². The van der Waals surface area contributed by atoms with Crippen LogP contribution in [0.2, 0.25) is 0 Å². The van der Waals surface area contributed by atoms with Crippen molar-refractivity contribution >= 4 is 62.9 Å². The van der Waals surface area contributed by atoms with Gasteiger partial charge in [0.25, 0.3) is 23.6 Å². The molecule has 1 saturated heterocycles. The van der Waals surface area contributed by atoms with Crippen LogP contribution in [-0.4, -0.2) is 80.2 Å². The van der Waals surface area contributed by atoms with Crippen molar-refractivity contribution in [2.24, 2.45) is 0 Å². The molecule has 4 amide bonds. The third kappa shape index (κ3) is 6.19. The Morgan fingerprint density at radius 2 is 1.69 bits per heavy atom. The van der Waals surface area contributed by atoms with Crippen molar-refractivity contribution in [2.45, 2.75) is 31.2 Å². The number of nitrogens with one attached hydrogen (secondary N) is 1. The molecule has 0 radical (unpaired) electrons. The second kappa shape index (κ2) is 13.2. The zero-order chi connectivity index (χ0) is 30.6. The minimum atomic E-state index is -1.23. The maximum absolute atomic E-state index is 13.1. The number of β-lactam (4-membered cyclic amide) rings is 1. The normalized spacial score (nSPS) is 18.3. The second-order valence-electron chi connectivity index (χ2n) is 9.46. The van der Waals surface area contributed by atoms with E-state index in [1.807, 2.05) is 26.0 Å². The van der Waals surface area contributed by atoms with Crippen LogP contribution in [0.5, 0.6) is 5.75 Å². The number of carbonyl (C=O) groups excluding carboxylic acids is 6. The number of allylic oxidation sites excluding steroid dienone is 1. The number of nitrogens with zero attached hydrogens (tertiary/aromatic N) is 2. The predicted octanol–water partition coefficient (Wildman–Crippen LogP) is 2.73. The fraction of sp³-hybridized carbons (Fsp3) is 0.286. The van der Waals surface area contributed by atoms with E-state index < -0.39 is 65.8 Å². The molecule has 42 heavy (non-hydrogen) atoms. The van der Waals surface area contributed by atoms with Crippen molar-refractivity contribution in [1.29, 1.82) is 0 Å². The fourth-order valence-electron chi connectivity index (χ4n) is 4.31. The molecule has 12 nitrogen and oxygen atoms in total. The van der Waals surface area contributed by atoms with Crippen molar-refractivity contribution in [1.82, 2.24) is 15.1 Å². The van der Waals surface area contributed by atoms with Crippen LogP contribution in [0.1, 0.15) is 46.0 Å². The summed E-state index contributed by atoms with van der Waals surface area (Å²) in [5.74, 6) is -3.86. The number of thioether (sulfide) groups is 1. The number of fused-ring (bicyclic) bond motifs is 1. The molecule has 0 aromatic heterocycles. The van der Waals surface area contributed by atoms with Gasteiger partial charge in [-0.3, -0.25) is 28.9 Å². The Morgan fingerprint density at radius 1 is 1.07 bits per heavy atom. The lowest BCUT2D eigenvalue weighted by Crippen LogP contribution is -2.70. The van der Waals surface area contributed by atoms with Gasteiger partial charge in [0.2, 0.25) is 0 Å². The van der Waals surface area contributed by atoms with E-state index in [1.165, 1.54) is 12.1 Å². The maximum atomic E-state index is 13.1. The van der Waals surface area contributed by atoms with Crippen LogP contribution in [0, 0.1) is 0 Å². The Kier molecular flexibility index (Phi) is 9.68. The fourth-order valence-corrected chi connectivity index (χ4v) is 5.36. The monoisotopic (exact) mass is 659 g/mol. The molecule has 220 valence electrons. The number of ether oxygens (including phenoxy) is 2. The highest BCUT2D eigenvalue weighted by Gasteiger charge is 2.53. The van der Waals surface area contributed by atoms with E-state index in [2.05, 4.69) is 21.2 Å². The number of likely N-dealkylation sites (tertiary alicyclic amines) is 1. The van der Waals surface area contributed by atoms with E-state index in [0.717, 1.165) is 10.5 Å². The van der Waals surface area contributed by atoms with Crippen molar-refractivity contribution in [3.8, 4) is 5.75 Å². The first kappa shape index (κ1) is 30.8. The summed E-state index contributed by atoms with van der Waals surface area (Å²) in [5.41, 5.74) is 1.20. The van der Waals surface area contributed by atoms with Crippen LogP contribution >= 0.6 is 27.7 Å². The van der Waals surface area contributed by atoms with Gasteiger partial charge in [-0.05, 0) is 35.7 Å². The van der Waals surface area contributed by atoms with Gasteiger partial charge in [0.05, 0.1) is 16.5 Å². The third-order valence-corrected chi connectivity index (χ3v) is 7.91. The molecule has 0 saturated carbocycles. The molecule has 0 aliphatic carbocycles. The van der Waals surface area contributed by atoms with Gasteiger partial charge >= 0.3 is 5.97 Å². The summed E-state index contributed by atoms with van der Waals surface area (Å²) in [7, 11) is 0. The summed E-state index contributed by atoms with van der Waals surface area (Å²) in [6.45, 7) is 2.89. The minimum Gasteiger partial charge on any atom is -0.509 e. The predicted molar refractivity (Wildman–Crippen MR) is 154 cm³/mol. The number of imide groups is 1. The van der Waals surface area contributed by atoms with Crippen molar-refractivity contribution in [3.05, 3.63) is 76.7 Å². The molecule has 2 N–H and O–H groups in total. The Bertz CT molecular complexity index is 1430. The molecule has 2 aromatic rings. The van der Waals surface area contributed by atoms with Gasteiger partial charge in [-0.15, -0.1) is 0 Å². The average Bonchev–Trinajstić information content (AvgIpc) is 3.24. The van der Waals surface area contributed by atoms with E-state index in [4.69, 9.17) is 9.47 Å². The van der Waals surface area contributed by atoms with Gasteiger partial charge < -0.3 is 19.9 Å². The average molecular weight is 660 g/mol. The van der Waals surface area contributed by atoms with Crippen LogP contribution in [0.3, 0.4) is 0 Å². The molecule has 2 aromatic carbocycles. The minimum absolute atomic E-state index is 0.146. The first-order valence-electron chi connectivity index (χ1n) is 12.6. The largest absolute Gasteiger partial charge is 0.509 e. The number of carbonyl (C=O) groups is 6. The number of rotatable bonds is 12. The van der Waals surface area contributed by atoms with Crippen LogP contribution in [0.15, 0.2) is 60.0 Å². The lowest BCUT2D eigenvalue weighted by Gasteiger charge is -2.45. The summed E-state index contributed by atoms with van der Waals surface area (Å²) in [5, 5.41) is 11.6. The lowest BCUT2D eigenvalue weighted by molar-refractivity contribution is -0.154. The third-order valence-electron chi connectivity index (χ3n) is 6.51. The first-order valence-corrected chi connectivity index (χ1v) is 14.7. The van der Waals surface area contributed by atoms with Crippen molar-refractivity contribution in [3.63, 3.8) is 0 Å². The smallest absolute Gasteiger partial charge is 0.360 e. The number of amides is 4. The summed E-state index contributed by atoms with van der Waals surface area (Å²) < 4.78 is 10.6. The number of halogens is 1. The summed E-state index contributed by atoms with van der Waals surface area (Å²) in [4.78, 5) is 76.8. The van der Waals surface area contributed by atoms with E-state index >= 15 is 0 Å². The molecule has 14 heteroatoms. The number of aliphatic hydroxyl groups is 1. The Labute approximate surface area is 253 Å². The standard InChI is InChI=1S/C28H26BrN3O9S/c1-15(2)16-7-9-17(10-8-16)40-12-21(35)30-22-26(38)32(27(22)42-14-33)23(20(34)11-29)28(39)41-13-31-24(36)18-5-3-4-6-19(18)25(31)37/h3-10,14-15,22,27,34H,11-13H2,1-2H3,(H,30,35). The van der Waals surface area contributed by atoms with Crippen LogP contribution in [0.4, 0.5) is 0 Å². The molecule has 0 spiro atoms. The number of alkyl halides is 1. The maximum Gasteiger partial charge on any atom is 0.360 e. The number of benzene rings is 2. The number of esters is 1. The van der Waals surface area contributed by atoms with Crippen LogP contribution in [0.25, 0.3) is 0 Å². The summed E-state index contributed by atoms with van der Waals surface area (Å²) in [6.07, 6.45) is 0. The highest BCUT2D eigenvalue weighted by molar-refractivity contribution is 9.09. The molecule has 4 rings (SSSR count). The zero-order valence-corrected chi connectivity index (χ0v) is 24.8. The highest BCUT2D eigenvalue weighted by Crippen LogP contribution is 2.34. The van der Waals surface area contributed by atoms with Gasteiger partial charge in [-0.1, -0.05) is 65.8 Å². The summed E-state index contributed by atoms with van der Waals surface area (Å²) >= 11 is 3.61. The number of aliphatic hydroxyl groups excluding tert-OH is 1. The first-order chi connectivity index (χ1) is 20.1. The van der Waals surface area contributed by atoms with E-state index in [0.29, 0.717) is 33.9 Å². The molecular weight excluding hydrogens is 634 g/mol. The SMILES string of the molecule is CC(C)c1ccc(OCC(=O)NC2C(=O)N(C(C(=O)OCN3C(=O)c4ccccc4C3=O)=C(O)CBr)C2SC=O)cc1. The molecule has 2 aliphatic rings. The molecular formula is C28H26BrN3O9S. The Hall–Kier alpha value is -4.17. The lowest BCUT2D eigenvalue weighted by atomic mass is 10.0. The molecule has 0 bridgehead atoms. The number of hydrogen-bond donors (Lipinski definition) is 2. The molecule has 1 fully saturated rings. The van der Waals surface area contributed by atoms with Crippen LogP contribution in [-0.2, 0) is 23.9 Å². The zero-order valence-electron chi connectivity index (χ0n) is 22.4. The Balaban J connectivity index is 1.41. The molecule has 2 unspecified atom stereocenters. The van der Waals surface area contributed by atoms with Gasteiger partial charge in [0, 0.05) is 0 Å². The molecule has 2 heterocycles. The topological polar surface area (TPSA) is 160 Å². The molecule has 2 aliphatic heterocycles. The van der Waals surface area contributed by atoms with E-state index in [1.54, 1.807) is 24.3 Å². The van der Waals surface area contributed by atoms with E-state index in [9.17, 15) is 33.9 Å². The van der Waals surface area contributed by atoms with Gasteiger partial charge in [-0.2, -0.15) is 0 Å². The number of hydrogen-bond acceptors (Lipinski definition) is 10. The molecule has 2 atom stereocenters. The quantitative estimate of drug-likeness (QED) is 0.0660. The van der Waals surface area contributed by atoms with Crippen molar-refractivity contribution in [2.75, 3.05) is 18.7 Å². The second-order valence-corrected chi connectivity index (χ2v) is 11.0. The van der Waals surface area contributed by atoms with Crippen LogP contribution < -0.4 is 10.1 Å². The highest BCUT2D eigenvalue weighted by atomic mass is 79.9. The summed E-state index contributed by atoms with van der Waals surface area (Å²) in [6, 6.07) is 12.1. The van der Waals surface area contributed by atoms with E-state index in [-0.39, 0.29) is 16.5 Å². The Morgan fingerprint density at radius 3 is 2.24 bits per heavy atom. The van der Waals surface area contributed by atoms with Crippen molar-refractivity contribution < 1.29 is 43.3 Å². The van der Waals surface area contributed by atoms with Gasteiger partial charge in [0.1, 0.15) is 22.9 Å². The van der Waals surface area contributed by atoms with Gasteiger partial charge in [-0.25, -0.2) is 9.69 Å².